The molecule has 11 heteroatoms. The minimum Gasteiger partial charge on any atom is -0.480 e. The van der Waals surface area contributed by atoms with E-state index in [0.717, 1.165) is 24.3 Å². The lowest BCUT2D eigenvalue weighted by atomic mass is 9.73. The molecule has 0 fully saturated rings. The van der Waals surface area contributed by atoms with Crippen molar-refractivity contribution < 1.29 is 41.0 Å². The minimum absolute atomic E-state index is 0.109. The lowest BCUT2D eigenvalue weighted by Crippen LogP contribution is -2.41. The number of hydrogen-bond donors (Lipinski definition) is 2. The number of hydrogen-bond acceptors (Lipinski definition) is 3. The van der Waals surface area contributed by atoms with E-state index in [0.29, 0.717) is 0 Å². The van der Waals surface area contributed by atoms with Gasteiger partial charge in [-0.2, -0.15) is 31.6 Å². The van der Waals surface area contributed by atoms with Crippen LogP contribution in [0.15, 0.2) is 48.1 Å². The van der Waals surface area contributed by atoms with E-state index in [4.69, 9.17) is 5.11 Å². The Morgan fingerprint density at radius 2 is 1.84 bits per heavy atom. The number of carbonyl (C=O) groups excluding carboxylic acids is 1. The summed E-state index contributed by atoms with van der Waals surface area (Å²) in [6, 6.07) is 4.80. The number of nitriles is 1. The van der Waals surface area contributed by atoms with Crippen molar-refractivity contribution in [2.75, 3.05) is 0 Å². The van der Waals surface area contributed by atoms with Gasteiger partial charge in [0.1, 0.15) is 11.5 Å². The summed E-state index contributed by atoms with van der Waals surface area (Å²) in [5.74, 6) is -2.44. The van der Waals surface area contributed by atoms with Crippen LogP contribution in [0.3, 0.4) is 0 Å². The van der Waals surface area contributed by atoms with Crippen LogP contribution in [0.5, 0.6) is 0 Å². The number of carboxylic acid groups (broad SMARTS) is 1. The number of nitrogens with zero attached hydrogens (tertiary/aromatic N) is 1. The van der Waals surface area contributed by atoms with Crippen molar-refractivity contribution in [2.45, 2.75) is 49.5 Å². The molecule has 2 unspecified atom stereocenters. The quantitative estimate of drug-likeness (QED) is 0.580. The van der Waals surface area contributed by atoms with Gasteiger partial charge in [-0.3, -0.25) is 4.79 Å². The molecule has 0 radical (unpaired) electrons. The molecule has 1 aromatic rings. The van der Waals surface area contributed by atoms with Crippen LogP contribution in [0.4, 0.5) is 26.3 Å². The Balaban J connectivity index is 2.17. The van der Waals surface area contributed by atoms with Crippen LogP contribution in [-0.4, -0.2) is 29.2 Å². The fourth-order valence-electron chi connectivity index (χ4n) is 3.28. The van der Waals surface area contributed by atoms with Gasteiger partial charge >= 0.3 is 18.3 Å². The maximum absolute atomic E-state index is 13.4. The zero-order chi connectivity index (χ0) is 24.2. The van der Waals surface area contributed by atoms with Crippen LogP contribution in [0, 0.1) is 11.3 Å². The van der Waals surface area contributed by atoms with Crippen molar-refractivity contribution in [2.24, 2.45) is 0 Å². The average molecular weight is 460 g/mol. The van der Waals surface area contributed by atoms with Crippen LogP contribution in [0.1, 0.15) is 36.8 Å². The summed E-state index contributed by atoms with van der Waals surface area (Å²) in [7, 11) is 0. The highest BCUT2D eigenvalue weighted by molar-refractivity contribution is 5.98. The van der Waals surface area contributed by atoms with E-state index in [2.05, 4.69) is 5.32 Å². The monoisotopic (exact) mass is 460 g/mol. The Kier molecular flexibility index (Phi) is 7.38. The molecule has 172 valence electrons. The van der Waals surface area contributed by atoms with Crippen LogP contribution >= 0.6 is 0 Å². The molecular formula is C21H18F6N2O3. The van der Waals surface area contributed by atoms with Crippen molar-refractivity contribution >= 4 is 11.9 Å². The van der Waals surface area contributed by atoms with Gasteiger partial charge in [-0.15, -0.1) is 0 Å². The van der Waals surface area contributed by atoms with Crippen molar-refractivity contribution in [3.63, 3.8) is 0 Å². The van der Waals surface area contributed by atoms with E-state index in [-0.39, 0.29) is 17.6 Å². The molecule has 0 aromatic heterocycles. The lowest BCUT2D eigenvalue weighted by molar-refractivity contribution is -0.144. The predicted molar refractivity (Wildman–Crippen MR) is 100 cm³/mol. The lowest BCUT2D eigenvalue weighted by Gasteiger charge is -2.28. The number of benzene rings is 1. The molecule has 1 aliphatic rings. The zero-order valence-corrected chi connectivity index (χ0v) is 16.4. The molecule has 2 rings (SSSR count). The van der Waals surface area contributed by atoms with E-state index < -0.39 is 60.5 Å². The predicted octanol–water partition coefficient (Wildman–Crippen LogP) is 4.66. The molecule has 0 saturated carbocycles. The Bertz CT molecular complexity index is 975. The summed E-state index contributed by atoms with van der Waals surface area (Å²) < 4.78 is 76.9. The van der Waals surface area contributed by atoms with Gasteiger partial charge in [0.05, 0.1) is 11.6 Å². The van der Waals surface area contributed by atoms with E-state index in [1.807, 2.05) is 6.07 Å². The van der Waals surface area contributed by atoms with Crippen LogP contribution in [0.25, 0.3) is 0 Å². The number of amides is 1. The Morgan fingerprint density at radius 1 is 1.19 bits per heavy atom. The van der Waals surface area contributed by atoms with Gasteiger partial charge in [-0.25, -0.2) is 4.79 Å². The molecule has 1 amide bonds. The number of allylic oxidation sites excluding steroid dienone is 2. The molecule has 5 nitrogen and oxygen atoms in total. The molecule has 2 atom stereocenters. The third kappa shape index (κ3) is 6.12. The van der Waals surface area contributed by atoms with Crippen molar-refractivity contribution in [1.29, 1.82) is 5.26 Å². The first-order valence-electron chi connectivity index (χ1n) is 9.37. The van der Waals surface area contributed by atoms with Gasteiger partial charge in [0.25, 0.3) is 5.91 Å². The number of halogens is 6. The number of carbonyl (C=O) groups is 2. The van der Waals surface area contributed by atoms with Gasteiger partial charge in [0, 0.05) is 12.0 Å². The van der Waals surface area contributed by atoms with Crippen LogP contribution in [0.2, 0.25) is 0 Å². The van der Waals surface area contributed by atoms with E-state index >= 15 is 0 Å². The number of carboxylic acids is 1. The minimum atomic E-state index is -4.71. The zero-order valence-electron chi connectivity index (χ0n) is 16.4. The summed E-state index contributed by atoms with van der Waals surface area (Å²) >= 11 is 0. The molecule has 2 N–H and O–H groups in total. The smallest absolute Gasteiger partial charge is 0.416 e. The molecule has 0 saturated heterocycles. The van der Waals surface area contributed by atoms with Gasteiger partial charge in [-0.05, 0) is 30.9 Å². The highest BCUT2D eigenvalue weighted by atomic mass is 19.4. The third-order valence-corrected chi connectivity index (χ3v) is 4.92. The number of alkyl halides is 6. The average Bonchev–Trinajstić information content (AvgIpc) is 2.71. The molecule has 0 aliphatic heterocycles. The maximum atomic E-state index is 13.4. The first-order valence-corrected chi connectivity index (χ1v) is 9.37. The van der Waals surface area contributed by atoms with E-state index in [9.17, 15) is 41.2 Å². The van der Waals surface area contributed by atoms with Gasteiger partial charge in [0.2, 0.25) is 0 Å². The van der Waals surface area contributed by atoms with Crippen molar-refractivity contribution in [3.05, 3.63) is 59.2 Å². The third-order valence-electron chi connectivity index (χ3n) is 4.92. The van der Waals surface area contributed by atoms with Gasteiger partial charge in [-0.1, -0.05) is 36.4 Å². The topological polar surface area (TPSA) is 90.2 Å². The second-order valence-electron chi connectivity index (χ2n) is 7.20. The second-order valence-corrected chi connectivity index (χ2v) is 7.20. The summed E-state index contributed by atoms with van der Waals surface area (Å²) in [5, 5.41) is 20.9. The molecule has 1 aliphatic carbocycles. The molecule has 0 heterocycles. The van der Waals surface area contributed by atoms with E-state index in [1.54, 1.807) is 0 Å². The standard InChI is InChI=1S/C21H18F6N2O3/c22-20(23,24)9-3-6-16(18(31)32)29-17(30)13-7-10-19(12-28,11-8-13)14-4-1-2-5-15(14)21(25,26)27/h1-2,4-5,7-8,10,16H,3,6,9,11H2,(H,29,30)(H,31,32). The molecule has 1 aromatic carbocycles. The van der Waals surface area contributed by atoms with Gasteiger partial charge in [0.15, 0.2) is 0 Å². The molecular weight excluding hydrogens is 442 g/mol. The molecule has 0 bridgehead atoms. The van der Waals surface area contributed by atoms with E-state index in [1.165, 1.54) is 18.2 Å². The summed E-state index contributed by atoms with van der Waals surface area (Å²) in [4.78, 5) is 23.6. The second kappa shape index (κ2) is 9.46. The Hall–Kier alpha value is -3.29. The largest absolute Gasteiger partial charge is 0.480 e. The van der Waals surface area contributed by atoms with Crippen LogP contribution < -0.4 is 5.32 Å². The fraction of sp³-hybridized carbons (Fsp3) is 0.381. The van der Waals surface area contributed by atoms with Crippen LogP contribution in [-0.2, 0) is 21.2 Å². The van der Waals surface area contributed by atoms with Gasteiger partial charge < -0.3 is 10.4 Å². The summed E-state index contributed by atoms with van der Waals surface area (Å²) in [6.07, 6.45) is -8.22. The number of nitrogens with one attached hydrogen (secondary N) is 1. The molecule has 32 heavy (non-hydrogen) atoms. The number of aliphatic carboxylic acids is 1. The maximum Gasteiger partial charge on any atom is 0.416 e. The first kappa shape index (κ1) is 25.0. The fourth-order valence-corrected chi connectivity index (χ4v) is 3.28. The summed E-state index contributed by atoms with van der Waals surface area (Å²) in [6.45, 7) is 0. The number of rotatable bonds is 7. The highest BCUT2D eigenvalue weighted by Gasteiger charge is 2.41. The Morgan fingerprint density at radius 3 is 2.34 bits per heavy atom. The molecule has 0 spiro atoms. The van der Waals surface area contributed by atoms with Crippen molar-refractivity contribution in [1.82, 2.24) is 5.32 Å². The normalized spacial score (nSPS) is 19.6. The first-order chi connectivity index (χ1) is 14.8. The van der Waals surface area contributed by atoms with Crippen molar-refractivity contribution in [3.8, 4) is 6.07 Å². The summed E-state index contributed by atoms with van der Waals surface area (Å²) in [5.41, 5.74) is -3.10. The Labute approximate surface area is 179 Å². The SMILES string of the molecule is N#CC1(c2ccccc2C(F)(F)F)C=CC(C(=O)NC(CCCC(F)(F)F)C(=O)O)=CC1. The highest BCUT2D eigenvalue weighted by Crippen LogP contribution is 2.41.